The van der Waals surface area contributed by atoms with Gasteiger partial charge in [0.1, 0.15) is 11.9 Å². The van der Waals surface area contributed by atoms with Crippen molar-refractivity contribution in [2.24, 2.45) is 0 Å². The van der Waals surface area contributed by atoms with Crippen molar-refractivity contribution in [1.29, 1.82) is 0 Å². The molecule has 0 bridgehead atoms. The van der Waals surface area contributed by atoms with Crippen LogP contribution in [-0.4, -0.2) is 15.2 Å². The van der Waals surface area contributed by atoms with Gasteiger partial charge in [0.25, 0.3) is 0 Å². The summed E-state index contributed by atoms with van der Waals surface area (Å²) in [6.07, 6.45) is 2.89. The van der Waals surface area contributed by atoms with Gasteiger partial charge in [-0.3, -0.25) is 0 Å². The zero-order valence-electron chi connectivity index (χ0n) is 8.70. The molecule has 2 aromatic heterocycles. The molecule has 3 aromatic rings. The highest BCUT2D eigenvalue weighted by atomic mass is 16.4. The highest BCUT2D eigenvalue weighted by molar-refractivity contribution is 5.90. The van der Waals surface area contributed by atoms with Gasteiger partial charge in [-0.1, -0.05) is 12.1 Å². The van der Waals surface area contributed by atoms with E-state index in [1.807, 2.05) is 18.2 Å². The molecule has 1 aromatic carbocycles. The largest absolute Gasteiger partial charge is 0.422 e. The molecule has 0 amide bonds. The minimum absolute atomic E-state index is 0.382. The Morgan fingerprint density at radius 2 is 2.00 bits per heavy atom. The standard InChI is InChI=1S/C12H7N3O2/c16-11-5-4-8-2-1-3-9(12(8)17-11)10-6-14-15-7-13-10/h1-7H. The lowest BCUT2D eigenvalue weighted by Crippen LogP contribution is -1.96. The summed E-state index contributed by atoms with van der Waals surface area (Å²) in [7, 11) is 0. The van der Waals surface area contributed by atoms with Crippen molar-refractivity contribution in [1.82, 2.24) is 15.2 Å². The maximum atomic E-state index is 11.3. The summed E-state index contributed by atoms with van der Waals surface area (Å²) in [6, 6.07) is 8.69. The molecule has 0 unspecified atom stereocenters. The van der Waals surface area contributed by atoms with E-state index in [0.29, 0.717) is 11.3 Å². The van der Waals surface area contributed by atoms with E-state index in [1.54, 1.807) is 6.07 Å². The summed E-state index contributed by atoms with van der Waals surface area (Å²) in [6.45, 7) is 0. The zero-order chi connectivity index (χ0) is 11.7. The first-order chi connectivity index (χ1) is 8.34. The average Bonchev–Trinajstić information content (AvgIpc) is 2.39. The van der Waals surface area contributed by atoms with Gasteiger partial charge < -0.3 is 4.42 Å². The van der Waals surface area contributed by atoms with Crippen LogP contribution in [0, 0.1) is 0 Å². The number of rotatable bonds is 1. The van der Waals surface area contributed by atoms with Crippen LogP contribution in [0.25, 0.3) is 22.2 Å². The van der Waals surface area contributed by atoms with Crippen LogP contribution in [0.2, 0.25) is 0 Å². The molecule has 0 aliphatic carbocycles. The fourth-order valence-electron chi connectivity index (χ4n) is 1.67. The molecule has 5 nitrogen and oxygen atoms in total. The molecule has 0 N–H and O–H groups in total. The van der Waals surface area contributed by atoms with Gasteiger partial charge in [0.05, 0.1) is 11.9 Å². The number of benzene rings is 1. The number of hydrogen-bond acceptors (Lipinski definition) is 5. The Bertz CT molecular complexity index is 722. The van der Waals surface area contributed by atoms with E-state index < -0.39 is 0 Å². The van der Waals surface area contributed by atoms with Gasteiger partial charge in [0.2, 0.25) is 0 Å². The van der Waals surface area contributed by atoms with Gasteiger partial charge in [-0.2, -0.15) is 5.10 Å². The first-order valence-electron chi connectivity index (χ1n) is 5.00. The van der Waals surface area contributed by atoms with Crippen LogP contribution < -0.4 is 5.63 Å². The van der Waals surface area contributed by atoms with E-state index in [0.717, 1.165) is 10.9 Å². The van der Waals surface area contributed by atoms with Crippen molar-refractivity contribution in [2.45, 2.75) is 0 Å². The Hall–Kier alpha value is -2.56. The summed E-state index contributed by atoms with van der Waals surface area (Å²) in [4.78, 5) is 15.3. The molecule has 0 fully saturated rings. The van der Waals surface area contributed by atoms with Crippen LogP contribution in [0.1, 0.15) is 0 Å². The summed E-state index contributed by atoms with van der Waals surface area (Å²) in [5, 5.41) is 8.22. The molecule has 17 heavy (non-hydrogen) atoms. The van der Waals surface area contributed by atoms with E-state index in [9.17, 15) is 4.79 Å². The van der Waals surface area contributed by atoms with Gasteiger partial charge in [-0.25, -0.2) is 9.78 Å². The van der Waals surface area contributed by atoms with E-state index in [4.69, 9.17) is 4.42 Å². The van der Waals surface area contributed by atoms with E-state index in [-0.39, 0.29) is 5.63 Å². The highest BCUT2D eigenvalue weighted by Gasteiger charge is 2.07. The van der Waals surface area contributed by atoms with Crippen LogP contribution in [-0.2, 0) is 0 Å². The molecule has 0 spiro atoms. The molecule has 82 valence electrons. The molecule has 3 rings (SSSR count). The second-order valence-electron chi connectivity index (χ2n) is 3.47. The number of nitrogens with zero attached hydrogens (tertiary/aromatic N) is 3. The Morgan fingerprint density at radius 1 is 1.06 bits per heavy atom. The predicted molar refractivity (Wildman–Crippen MR) is 61.3 cm³/mol. The summed E-state index contributed by atoms with van der Waals surface area (Å²) < 4.78 is 5.20. The molecule has 0 radical (unpaired) electrons. The lowest BCUT2D eigenvalue weighted by atomic mass is 10.1. The Labute approximate surface area is 95.8 Å². The van der Waals surface area contributed by atoms with Gasteiger partial charge in [-0.05, 0) is 12.1 Å². The van der Waals surface area contributed by atoms with Crippen molar-refractivity contribution in [2.75, 3.05) is 0 Å². The average molecular weight is 225 g/mol. The lowest BCUT2D eigenvalue weighted by molar-refractivity contribution is 0.562. The predicted octanol–water partition coefficient (Wildman–Crippen LogP) is 1.64. The first-order valence-corrected chi connectivity index (χ1v) is 5.00. The van der Waals surface area contributed by atoms with Crippen LogP contribution in [0.15, 0.2) is 52.1 Å². The third-order valence-corrected chi connectivity index (χ3v) is 2.42. The normalized spacial score (nSPS) is 10.6. The maximum absolute atomic E-state index is 11.3. The van der Waals surface area contributed by atoms with Gasteiger partial charge in [0, 0.05) is 17.0 Å². The topological polar surface area (TPSA) is 68.9 Å². The molecule has 0 atom stereocenters. The smallest absolute Gasteiger partial charge is 0.336 e. The summed E-state index contributed by atoms with van der Waals surface area (Å²) in [5.74, 6) is 0. The zero-order valence-corrected chi connectivity index (χ0v) is 8.70. The number of para-hydroxylation sites is 1. The molecule has 0 aliphatic rings. The third-order valence-electron chi connectivity index (χ3n) is 2.42. The highest BCUT2D eigenvalue weighted by Crippen LogP contribution is 2.24. The van der Waals surface area contributed by atoms with Crippen molar-refractivity contribution >= 4 is 11.0 Å². The van der Waals surface area contributed by atoms with Crippen molar-refractivity contribution in [3.8, 4) is 11.3 Å². The van der Waals surface area contributed by atoms with Crippen LogP contribution in [0.4, 0.5) is 0 Å². The molecular weight excluding hydrogens is 218 g/mol. The fourth-order valence-corrected chi connectivity index (χ4v) is 1.67. The SMILES string of the molecule is O=c1ccc2cccc(-c3cnncn3)c2o1. The Kier molecular flexibility index (Phi) is 2.15. The molecular formula is C12H7N3O2. The van der Waals surface area contributed by atoms with Gasteiger partial charge >= 0.3 is 5.63 Å². The third kappa shape index (κ3) is 1.67. The molecule has 0 saturated carbocycles. The minimum atomic E-state index is -0.382. The molecule has 0 saturated heterocycles. The number of fused-ring (bicyclic) bond motifs is 1. The summed E-state index contributed by atoms with van der Waals surface area (Å²) in [5.41, 5.74) is 1.49. The van der Waals surface area contributed by atoms with Crippen molar-refractivity contribution < 1.29 is 4.42 Å². The van der Waals surface area contributed by atoms with Crippen LogP contribution >= 0.6 is 0 Å². The van der Waals surface area contributed by atoms with E-state index in [2.05, 4.69) is 15.2 Å². The monoisotopic (exact) mass is 225 g/mol. The molecule has 0 aliphatic heterocycles. The second-order valence-corrected chi connectivity index (χ2v) is 3.47. The Balaban J connectivity index is 2.37. The maximum Gasteiger partial charge on any atom is 0.336 e. The second kappa shape index (κ2) is 3.79. The van der Waals surface area contributed by atoms with Crippen LogP contribution in [0.3, 0.4) is 0 Å². The summed E-state index contributed by atoms with van der Waals surface area (Å²) >= 11 is 0. The van der Waals surface area contributed by atoms with Gasteiger partial charge in [-0.15, -0.1) is 5.10 Å². The van der Waals surface area contributed by atoms with E-state index in [1.165, 1.54) is 18.6 Å². The quantitative estimate of drug-likeness (QED) is 0.589. The van der Waals surface area contributed by atoms with E-state index >= 15 is 0 Å². The molecule has 2 heterocycles. The van der Waals surface area contributed by atoms with Crippen LogP contribution in [0.5, 0.6) is 0 Å². The van der Waals surface area contributed by atoms with Crippen molar-refractivity contribution in [3.63, 3.8) is 0 Å². The number of aromatic nitrogens is 3. The van der Waals surface area contributed by atoms with Gasteiger partial charge in [0.15, 0.2) is 0 Å². The first kappa shape index (κ1) is 9.65. The minimum Gasteiger partial charge on any atom is -0.422 e. The lowest BCUT2D eigenvalue weighted by Gasteiger charge is -2.02. The number of hydrogen-bond donors (Lipinski definition) is 0. The molecule has 5 heteroatoms. The van der Waals surface area contributed by atoms with Crippen molar-refractivity contribution in [3.05, 3.63) is 53.3 Å². The fraction of sp³-hybridized carbons (Fsp3) is 0. The Morgan fingerprint density at radius 3 is 2.82 bits per heavy atom.